The van der Waals surface area contributed by atoms with E-state index in [1.54, 1.807) is 28.7 Å². The van der Waals surface area contributed by atoms with Crippen LogP contribution in [0.1, 0.15) is 31.3 Å². The summed E-state index contributed by atoms with van der Waals surface area (Å²) >= 11 is 0. The van der Waals surface area contributed by atoms with Gasteiger partial charge in [0.1, 0.15) is 5.69 Å². The Morgan fingerprint density at radius 1 is 1.39 bits per heavy atom. The predicted molar refractivity (Wildman–Crippen MR) is 64.2 cm³/mol. The van der Waals surface area contributed by atoms with Crippen molar-refractivity contribution in [2.75, 3.05) is 0 Å². The number of nitrogens with zero attached hydrogens (tertiary/aromatic N) is 5. The summed E-state index contributed by atoms with van der Waals surface area (Å²) in [6.45, 7) is 5.79. The molecule has 1 N–H and O–H groups in total. The molecule has 0 aromatic carbocycles. The summed E-state index contributed by atoms with van der Waals surface area (Å²) in [6, 6.07) is 0. The van der Waals surface area contributed by atoms with Crippen LogP contribution in [0.2, 0.25) is 0 Å². The van der Waals surface area contributed by atoms with Gasteiger partial charge in [0, 0.05) is 19.4 Å². The van der Waals surface area contributed by atoms with Gasteiger partial charge in [-0.1, -0.05) is 5.21 Å². The second kappa shape index (κ2) is 3.94. The Morgan fingerprint density at radius 3 is 2.50 bits per heavy atom. The van der Waals surface area contributed by atoms with Crippen LogP contribution in [0.4, 0.5) is 0 Å². The first kappa shape index (κ1) is 12.3. The number of carboxylic acid groups (broad SMARTS) is 1. The van der Waals surface area contributed by atoms with Crippen molar-refractivity contribution in [1.82, 2.24) is 24.5 Å². The van der Waals surface area contributed by atoms with Crippen LogP contribution in [-0.2, 0) is 12.6 Å². The average Bonchev–Trinajstić information content (AvgIpc) is 2.80. The minimum Gasteiger partial charge on any atom is -0.476 e. The van der Waals surface area contributed by atoms with Crippen molar-refractivity contribution in [3.63, 3.8) is 0 Å². The molecule has 0 fully saturated rings. The van der Waals surface area contributed by atoms with Crippen LogP contribution in [0.5, 0.6) is 0 Å². The summed E-state index contributed by atoms with van der Waals surface area (Å²) in [4.78, 5) is 15.4. The lowest BCUT2D eigenvalue weighted by atomic mass is 10.1. The van der Waals surface area contributed by atoms with Crippen LogP contribution in [0.3, 0.4) is 0 Å². The normalized spacial score (nSPS) is 11.8. The van der Waals surface area contributed by atoms with Crippen LogP contribution in [-0.4, -0.2) is 35.6 Å². The Hall–Kier alpha value is -2.18. The Balaban J connectivity index is 2.73. The number of aromatic carboxylic acids is 1. The van der Waals surface area contributed by atoms with Gasteiger partial charge in [-0.2, -0.15) is 0 Å². The second-order valence-corrected chi connectivity index (χ2v) is 5.04. The lowest BCUT2D eigenvalue weighted by Crippen LogP contribution is -2.25. The van der Waals surface area contributed by atoms with Crippen molar-refractivity contribution < 1.29 is 9.90 Å². The minimum atomic E-state index is -1.11. The van der Waals surface area contributed by atoms with E-state index in [1.165, 1.54) is 0 Å². The van der Waals surface area contributed by atoms with Gasteiger partial charge in [-0.3, -0.25) is 0 Å². The summed E-state index contributed by atoms with van der Waals surface area (Å²) in [7, 11) is 1.80. The molecule has 0 saturated carbocycles. The van der Waals surface area contributed by atoms with Crippen LogP contribution in [0.25, 0.3) is 11.5 Å². The fourth-order valence-electron chi connectivity index (χ4n) is 1.69. The number of carboxylic acids is 1. The largest absolute Gasteiger partial charge is 0.476 e. The maximum Gasteiger partial charge on any atom is 0.358 e. The first-order valence-electron chi connectivity index (χ1n) is 5.49. The molecule has 7 heteroatoms. The molecular weight excluding hydrogens is 234 g/mol. The summed E-state index contributed by atoms with van der Waals surface area (Å²) in [5.41, 5.74) is -0.0381. The number of imidazole rings is 1. The van der Waals surface area contributed by atoms with Crippen molar-refractivity contribution in [3.8, 4) is 11.5 Å². The molecule has 7 nitrogen and oxygen atoms in total. The number of aryl methyl sites for hydroxylation is 1. The van der Waals surface area contributed by atoms with Crippen LogP contribution < -0.4 is 0 Å². The van der Waals surface area contributed by atoms with Crippen molar-refractivity contribution in [2.45, 2.75) is 26.3 Å². The summed E-state index contributed by atoms with van der Waals surface area (Å²) < 4.78 is 3.33. The van der Waals surface area contributed by atoms with Gasteiger partial charge in [0.05, 0.1) is 5.54 Å². The predicted octanol–water partition coefficient (Wildman–Crippen LogP) is 1.13. The summed E-state index contributed by atoms with van der Waals surface area (Å²) in [5, 5.41) is 16.9. The molecule has 2 heterocycles. The molecule has 2 aromatic heterocycles. The molecule has 0 spiro atoms. The van der Waals surface area contributed by atoms with Gasteiger partial charge in [0.25, 0.3) is 0 Å². The van der Waals surface area contributed by atoms with Gasteiger partial charge in [-0.05, 0) is 20.8 Å². The first-order chi connectivity index (χ1) is 8.32. The fraction of sp³-hybridized carbons (Fsp3) is 0.455. The Bertz CT molecular complexity index is 591. The van der Waals surface area contributed by atoms with Gasteiger partial charge >= 0.3 is 5.97 Å². The molecule has 18 heavy (non-hydrogen) atoms. The highest BCUT2D eigenvalue weighted by molar-refractivity contribution is 5.91. The lowest BCUT2D eigenvalue weighted by molar-refractivity contribution is 0.0691. The van der Waals surface area contributed by atoms with Crippen LogP contribution in [0, 0.1) is 0 Å². The van der Waals surface area contributed by atoms with Crippen LogP contribution in [0.15, 0.2) is 12.4 Å². The van der Waals surface area contributed by atoms with Gasteiger partial charge < -0.3 is 9.67 Å². The molecule has 0 bridgehead atoms. The van der Waals surface area contributed by atoms with Crippen LogP contribution >= 0.6 is 0 Å². The van der Waals surface area contributed by atoms with E-state index in [0.717, 1.165) is 0 Å². The molecule has 0 aliphatic rings. The number of hydrogen-bond donors (Lipinski definition) is 1. The van der Waals surface area contributed by atoms with Gasteiger partial charge in [0.15, 0.2) is 5.82 Å². The Kier molecular flexibility index (Phi) is 2.68. The maximum absolute atomic E-state index is 11.2. The molecular formula is C11H15N5O2. The highest BCUT2D eigenvalue weighted by Crippen LogP contribution is 2.25. The van der Waals surface area contributed by atoms with Crippen molar-refractivity contribution in [3.05, 3.63) is 18.1 Å². The van der Waals surface area contributed by atoms with Crippen molar-refractivity contribution in [2.24, 2.45) is 7.05 Å². The van der Waals surface area contributed by atoms with Gasteiger partial charge in [0.2, 0.25) is 5.69 Å². The number of carbonyl (C=O) groups is 1. The van der Waals surface area contributed by atoms with E-state index >= 15 is 0 Å². The molecule has 0 atom stereocenters. The van der Waals surface area contributed by atoms with Gasteiger partial charge in [-0.15, -0.1) is 5.10 Å². The van der Waals surface area contributed by atoms with E-state index in [4.69, 9.17) is 0 Å². The number of aromatic nitrogens is 5. The lowest BCUT2D eigenvalue weighted by Gasteiger charge is -2.21. The third-order valence-electron chi connectivity index (χ3n) is 2.54. The Labute approximate surface area is 104 Å². The maximum atomic E-state index is 11.2. The minimum absolute atomic E-state index is 0.0841. The second-order valence-electron chi connectivity index (χ2n) is 5.04. The number of rotatable bonds is 2. The summed E-state index contributed by atoms with van der Waals surface area (Å²) in [5.74, 6) is -0.573. The third-order valence-corrected chi connectivity index (χ3v) is 2.54. The van der Waals surface area contributed by atoms with E-state index in [1.807, 2.05) is 20.8 Å². The summed E-state index contributed by atoms with van der Waals surface area (Å²) in [6.07, 6.45) is 3.36. The molecule has 0 radical (unpaired) electrons. The third kappa shape index (κ3) is 1.87. The molecule has 96 valence electrons. The van der Waals surface area contributed by atoms with E-state index in [-0.39, 0.29) is 11.2 Å². The van der Waals surface area contributed by atoms with E-state index in [9.17, 15) is 9.90 Å². The standard InChI is InChI=1S/C11H15N5O2/c1-11(2,3)16-8(7(10(17)18)13-14-16)9-12-5-6-15(9)4/h5-6H,1-4H3,(H,17,18). The van der Waals surface area contributed by atoms with Gasteiger partial charge in [-0.25, -0.2) is 14.5 Å². The molecule has 0 unspecified atom stereocenters. The molecule has 2 rings (SSSR count). The smallest absolute Gasteiger partial charge is 0.358 e. The molecule has 0 aliphatic carbocycles. The zero-order valence-electron chi connectivity index (χ0n) is 10.7. The molecule has 2 aromatic rings. The molecule has 0 amide bonds. The van der Waals surface area contributed by atoms with E-state index in [0.29, 0.717) is 11.5 Å². The topological polar surface area (TPSA) is 85.8 Å². The number of hydrogen-bond acceptors (Lipinski definition) is 4. The van der Waals surface area contributed by atoms with Crippen molar-refractivity contribution in [1.29, 1.82) is 0 Å². The van der Waals surface area contributed by atoms with Crippen molar-refractivity contribution >= 4 is 5.97 Å². The highest BCUT2D eigenvalue weighted by Gasteiger charge is 2.28. The zero-order chi connectivity index (χ0) is 13.5. The first-order valence-corrected chi connectivity index (χ1v) is 5.49. The quantitative estimate of drug-likeness (QED) is 0.862. The van der Waals surface area contributed by atoms with E-state index in [2.05, 4.69) is 15.3 Å². The Morgan fingerprint density at radius 2 is 2.06 bits per heavy atom. The SMILES string of the molecule is Cn1ccnc1-c1c(C(=O)O)nnn1C(C)(C)C. The van der Waals surface area contributed by atoms with E-state index < -0.39 is 5.97 Å². The molecule has 0 aliphatic heterocycles. The molecule has 0 saturated heterocycles. The monoisotopic (exact) mass is 249 g/mol. The highest BCUT2D eigenvalue weighted by atomic mass is 16.4. The zero-order valence-corrected chi connectivity index (χ0v) is 10.7. The average molecular weight is 249 g/mol. The fourth-order valence-corrected chi connectivity index (χ4v) is 1.69.